The van der Waals surface area contributed by atoms with Crippen LogP contribution >= 0.6 is 15.9 Å². The van der Waals surface area contributed by atoms with Crippen LogP contribution in [0.15, 0.2) is 46.9 Å². The van der Waals surface area contributed by atoms with E-state index in [-0.39, 0.29) is 5.91 Å². The predicted molar refractivity (Wildman–Crippen MR) is 99.5 cm³/mol. The molecule has 1 aliphatic heterocycles. The molecule has 1 unspecified atom stereocenters. The van der Waals surface area contributed by atoms with E-state index in [0.717, 1.165) is 28.0 Å². The summed E-state index contributed by atoms with van der Waals surface area (Å²) >= 11 is 3.39. The number of likely N-dealkylation sites (N-methyl/N-ethyl adjacent to an activating group) is 1. The van der Waals surface area contributed by atoms with Crippen LogP contribution in [-0.2, 0) is 10.3 Å². The number of carbonyl (C=O) groups excluding carboxylic acids is 1. The molecule has 0 aromatic heterocycles. The van der Waals surface area contributed by atoms with Crippen molar-refractivity contribution >= 4 is 33.2 Å². The van der Waals surface area contributed by atoms with Crippen LogP contribution in [0.2, 0.25) is 0 Å². The summed E-state index contributed by atoms with van der Waals surface area (Å²) in [5.41, 5.74) is 7.57. The Kier molecular flexibility index (Phi) is 4.51. The normalized spacial score (nSPS) is 15.9. The Morgan fingerprint density at radius 3 is 2.71 bits per heavy atom. The zero-order valence-electron chi connectivity index (χ0n) is 13.7. The SMILES string of the molecule is CN1CCOc2ccc(NC(=O)C(C)(N)c3ccc(Br)cc3)cc21. The molecule has 0 aliphatic carbocycles. The van der Waals surface area contributed by atoms with E-state index in [1.165, 1.54) is 0 Å². The first kappa shape index (κ1) is 16.8. The highest BCUT2D eigenvalue weighted by Gasteiger charge is 2.30. The average molecular weight is 390 g/mol. The zero-order valence-corrected chi connectivity index (χ0v) is 15.3. The number of hydrogen-bond acceptors (Lipinski definition) is 4. The molecule has 0 spiro atoms. The quantitative estimate of drug-likeness (QED) is 0.846. The summed E-state index contributed by atoms with van der Waals surface area (Å²) in [5.74, 6) is 0.564. The van der Waals surface area contributed by atoms with Crippen LogP contribution in [0.1, 0.15) is 12.5 Å². The second kappa shape index (κ2) is 6.45. The number of anilines is 2. The monoisotopic (exact) mass is 389 g/mol. The third-order valence-electron chi connectivity index (χ3n) is 4.23. The average Bonchev–Trinajstić information content (AvgIpc) is 2.56. The van der Waals surface area contributed by atoms with Gasteiger partial charge < -0.3 is 20.7 Å². The number of nitrogens with one attached hydrogen (secondary N) is 1. The van der Waals surface area contributed by atoms with Gasteiger partial charge in [-0.1, -0.05) is 28.1 Å². The number of rotatable bonds is 3. The van der Waals surface area contributed by atoms with Crippen LogP contribution in [0.5, 0.6) is 5.75 Å². The summed E-state index contributed by atoms with van der Waals surface area (Å²) in [6.45, 7) is 3.19. The zero-order chi connectivity index (χ0) is 17.3. The lowest BCUT2D eigenvalue weighted by atomic mass is 9.92. The fourth-order valence-electron chi connectivity index (χ4n) is 2.62. The number of amides is 1. The van der Waals surface area contributed by atoms with Gasteiger partial charge in [-0.05, 0) is 42.8 Å². The minimum Gasteiger partial charge on any atom is -0.490 e. The molecule has 1 amide bonds. The van der Waals surface area contributed by atoms with Crippen molar-refractivity contribution in [3.8, 4) is 5.75 Å². The smallest absolute Gasteiger partial charge is 0.248 e. The van der Waals surface area contributed by atoms with E-state index >= 15 is 0 Å². The topological polar surface area (TPSA) is 67.6 Å². The Morgan fingerprint density at radius 1 is 1.29 bits per heavy atom. The van der Waals surface area contributed by atoms with Gasteiger partial charge in [-0.2, -0.15) is 0 Å². The molecule has 24 heavy (non-hydrogen) atoms. The van der Waals surface area contributed by atoms with E-state index in [9.17, 15) is 4.79 Å². The van der Waals surface area contributed by atoms with Gasteiger partial charge in [0.2, 0.25) is 5.91 Å². The highest BCUT2D eigenvalue weighted by Crippen LogP contribution is 2.33. The van der Waals surface area contributed by atoms with Crippen LogP contribution in [0, 0.1) is 0 Å². The molecule has 6 heteroatoms. The first-order valence-corrected chi connectivity index (χ1v) is 8.51. The molecule has 0 bridgehead atoms. The first-order chi connectivity index (χ1) is 11.4. The number of ether oxygens (including phenoxy) is 1. The number of halogens is 1. The Morgan fingerprint density at radius 2 is 2.00 bits per heavy atom. The van der Waals surface area contributed by atoms with Gasteiger partial charge in [-0.15, -0.1) is 0 Å². The molecule has 0 radical (unpaired) electrons. The van der Waals surface area contributed by atoms with Crippen LogP contribution in [0.3, 0.4) is 0 Å². The summed E-state index contributed by atoms with van der Waals surface area (Å²) in [6, 6.07) is 13.0. The van der Waals surface area contributed by atoms with Gasteiger partial charge in [-0.25, -0.2) is 0 Å². The molecule has 3 rings (SSSR count). The van der Waals surface area contributed by atoms with E-state index in [1.807, 2.05) is 49.5 Å². The van der Waals surface area contributed by atoms with Gasteiger partial charge in [0, 0.05) is 17.2 Å². The first-order valence-electron chi connectivity index (χ1n) is 7.72. The van der Waals surface area contributed by atoms with Crippen molar-refractivity contribution in [1.29, 1.82) is 0 Å². The molecule has 2 aromatic carbocycles. The van der Waals surface area contributed by atoms with E-state index in [2.05, 4.69) is 26.1 Å². The lowest BCUT2D eigenvalue weighted by molar-refractivity contribution is -0.120. The maximum Gasteiger partial charge on any atom is 0.248 e. The molecular formula is C18H20BrN3O2. The third kappa shape index (κ3) is 3.25. The predicted octanol–water partition coefficient (Wildman–Crippen LogP) is 3.09. The van der Waals surface area contributed by atoms with Gasteiger partial charge in [0.15, 0.2) is 0 Å². The van der Waals surface area contributed by atoms with Crippen molar-refractivity contribution in [2.45, 2.75) is 12.5 Å². The molecule has 1 heterocycles. The van der Waals surface area contributed by atoms with Crippen LogP contribution < -0.4 is 20.7 Å². The molecular weight excluding hydrogens is 370 g/mol. The van der Waals surface area contributed by atoms with Crippen molar-refractivity contribution in [2.75, 3.05) is 30.4 Å². The number of carbonyl (C=O) groups is 1. The van der Waals surface area contributed by atoms with E-state index in [0.29, 0.717) is 12.3 Å². The Labute approximate surface area is 149 Å². The fourth-order valence-corrected chi connectivity index (χ4v) is 2.88. The number of benzene rings is 2. The lowest BCUT2D eigenvalue weighted by Gasteiger charge is -2.29. The van der Waals surface area contributed by atoms with Gasteiger partial charge in [0.1, 0.15) is 17.9 Å². The summed E-state index contributed by atoms with van der Waals surface area (Å²) in [5, 5.41) is 2.91. The molecule has 0 saturated carbocycles. The van der Waals surface area contributed by atoms with Gasteiger partial charge in [0.05, 0.1) is 12.2 Å². The van der Waals surface area contributed by atoms with Gasteiger partial charge in [0.25, 0.3) is 0 Å². The van der Waals surface area contributed by atoms with Gasteiger partial charge in [-0.3, -0.25) is 4.79 Å². The number of hydrogen-bond donors (Lipinski definition) is 2. The number of nitrogens with two attached hydrogens (primary N) is 1. The van der Waals surface area contributed by atoms with E-state index < -0.39 is 5.54 Å². The Hall–Kier alpha value is -2.05. The number of nitrogens with zero attached hydrogens (tertiary/aromatic N) is 1. The lowest BCUT2D eigenvalue weighted by Crippen LogP contribution is -2.45. The maximum atomic E-state index is 12.7. The molecule has 1 atom stereocenters. The molecule has 1 aliphatic rings. The van der Waals surface area contributed by atoms with Gasteiger partial charge >= 0.3 is 0 Å². The Balaban J connectivity index is 1.81. The highest BCUT2D eigenvalue weighted by atomic mass is 79.9. The summed E-state index contributed by atoms with van der Waals surface area (Å²) in [7, 11) is 2.00. The van der Waals surface area contributed by atoms with Crippen molar-refractivity contribution < 1.29 is 9.53 Å². The standard InChI is InChI=1S/C18H20BrN3O2/c1-18(20,12-3-5-13(19)6-4-12)17(23)21-14-7-8-16-15(11-14)22(2)9-10-24-16/h3-8,11H,9-10,20H2,1-2H3,(H,21,23). The van der Waals surface area contributed by atoms with Crippen LogP contribution in [-0.4, -0.2) is 26.1 Å². The number of fused-ring (bicyclic) bond motifs is 1. The van der Waals surface area contributed by atoms with Crippen molar-refractivity contribution in [3.63, 3.8) is 0 Å². The second-order valence-electron chi connectivity index (χ2n) is 6.12. The molecule has 5 nitrogen and oxygen atoms in total. The minimum atomic E-state index is -1.13. The molecule has 0 fully saturated rings. The maximum absolute atomic E-state index is 12.7. The van der Waals surface area contributed by atoms with Crippen LogP contribution in [0.25, 0.3) is 0 Å². The largest absolute Gasteiger partial charge is 0.490 e. The summed E-state index contributed by atoms with van der Waals surface area (Å²) in [4.78, 5) is 14.8. The molecule has 0 saturated heterocycles. The highest BCUT2D eigenvalue weighted by molar-refractivity contribution is 9.10. The Bertz CT molecular complexity index is 759. The fraction of sp³-hybridized carbons (Fsp3) is 0.278. The van der Waals surface area contributed by atoms with Crippen LogP contribution in [0.4, 0.5) is 11.4 Å². The third-order valence-corrected chi connectivity index (χ3v) is 4.76. The van der Waals surface area contributed by atoms with E-state index in [1.54, 1.807) is 6.92 Å². The van der Waals surface area contributed by atoms with E-state index in [4.69, 9.17) is 10.5 Å². The molecule has 2 aromatic rings. The van der Waals surface area contributed by atoms with Crippen molar-refractivity contribution in [1.82, 2.24) is 0 Å². The minimum absolute atomic E-state index is 0.260. The molecule has 3 N–H and O–H groups in total. The second-order valence-corrected chi connectivity index (χ2v) is 7.03. The van der Waals surface area contributed by atoms with Crippen molar-refractivity contribution in [2.24, 2.45) is 5.73 Å². The molecule has 126 valence electrons. The summed E-state index contributed by atoms with van der Waals surface area (Å²) in [6.07, 6.45) is 0. The van der Waals surface area contributed by atoms with Crippen molar-refractivity contribution in [3.05, 3.63) is 52.5 Å². The summed E-state index contributed by atoms with van der Waals surface area (Å²) < 4.78 is 6.56.